The van der Waals surface area contributed by atoms with Crippen molar-refractivity contribution in [2.24, 2.45) is 11.1 Å². The van der Waals surface area contributed by atoms with Crippen molar-refractivity contribution in [3.05, 3.63) is 0 Å². The molecule has 0 aliphatic rings. The van der Waals surface area contributed by atoms with Crippen LogP contribution in [0.15, 0.2) is 0 Å². The molecule has 0 fully saturated rings. The van der Waals surface area contributed by atoms with Crippen molar-refractivity contribution >= 4 is 0 Å². The molecule has 0 radical (unpaired) electrons. The van der Waals surface area contributed by atoms with E-state index in [4.69, 9.17) is 5.73 Å². The molecule has 0 unspecified atom stereocenters. The van der Waals surface area contributed by atoms with E-state index in [2.05, 4.69) is 26.1 Å². The number of nitrogens with one attached hydrogen (secondary N) is 1. The maximum Gasteiger partial charge on any atom is 0.0214 e. The van der Waals surface area contributed by atoms with Crippen molar-refractivity contribution in [1.82, 2.24) is 5.32 Å². The molecule has 0 aromatic rings. The molecule has 0 aromatic heterocycles. The fourth-order valence-electron chi connectivity index (χ4n) is 0.526. The van der Waals surface area contributed by atoms with Crippen LogP contribution in [0.2, 0.25) is 0 Å². The Labute approximate surface area is 59.3 Å². The summed E-state index contributed by atoms with van der Waals surface area (Å²) in [7, 11) is 1.92. The second-order valence-corrected chi connectivity index (χ2v) is 3.53. The van der Waals surface area contributed by atoms with Gasteiger partial charge in [0.25, 0.3) is 0 Å². The van der Waals surface area contributed by atoms with Gasteiger partial charge in [0.05, 0.1) is 0 Å². The molecule has 1 atom stereocenters. The third-order valence-corrected chi connectivity index (χ3v) is 1.54. The Morgan fingerprint density at radius 3 is 2.11 bits per heavy atom. The lowest BCUT2D eigenvalue weighted by Gasteiger charge is -2.26. The number of nitrogens with two attached hydrogens (primary N) is 1. The van der Waals surface area contributed by atoms with E-state index in [0.29, 0.717) is 0 Å². The molecule has 2 nitrogen and oxygen atoms in total. The van der Waals surface area contributed by atoms with Crippen LogP contribution in [0, 0.1) is 5.41 Å². The summed E-state index contributed by atoms with van der Waals surface area (Å²) in [5.41, 5.74) is 6.02. The SMILES string of the molecule is CNC[C@@H](N)C(C)(C)C.[HH]. The molecule has 0 rings (SSSR count). The molecule has 0 saturated carbocycles. The molecule has 0 heterocycles. The number of likely N-dealkylation sites (N-methyl/N-ethyl adjacent to an activating group) is 1. The zero-order chi connectivity index (χ0) is 7.49. The van der Waals surface area contributed by atoms with E-state index in [1.165, 1.54) is 0 Å². The molecule has 0 aliphatic carbocycles. The minimum absolute atomic E-state index is 0. The fraction of sp³-hybridized carbons (Fsp3) is 1.00. The van der Waals surface area contributed by atoms with Crippen LogP contribution in [0.3, 0.4) is 0 Å². The minimum Gasteiger partial charge on any atom is -0.326 e. The molecular weight excluding hydrogens is 112 g/mol. The lowest BCUT2D eigenvalue weighted by atomic mass is 9.87. The number of hydrogen-bond acceptors (Lipinski definition) is 2. The van der Waals surface area contributed by atoms with Gasteiger partial charge in [-0.3, -0.25) is 0 Å². The van der Waals surface area contributed by atoms with Crippen molar-refractivity contribution in [2.45, 2.75) is 26.8 Å². The van der Waals surface area contributed by atoms with E-state index in [-0.39, 0.29) is 12.9 Å². The molecular formula is C7H20N2. The molecule has 0 aliphatic heterocycles. The largest absolute Gasteiger partial charge is 0.326 e. The fourth-order valence-corrected chi connectivity index (χ4v) is 0.526. The highest BCUT2D eigenvalue weighted by atomic mass is 14.9. The average Bonchev–Trinajstić information content (AvgIpc) is 1.64. The maximum absolute atomic E-state index is 5.80. The Bertz CT molecular complexity index is 78.2. The molecule has 58 valence electrons. The van der Waals surface area contributed by atoms with Crippen molar-refractivity contribution in [2.75, 3.05) is 13.6 Å². The summed E-state index contributed by atoms with van der Waals surface area (Å²) in [5, 5.41) is 3.05. The topological polar surface area (TPSA) is 38.0 Å². The van der Waals surface area contributed by atoms with Gasteiger partial charge in [-0.2, -0.15) is 0 Å². The molecule has 0 spiro atoms. The van der Waals surface area contributed by atoms with Gasteiger partial charge in [-0.05, 0) is 12.5 Å². The highest BCUT2D eigenvalue weighted by Gasteiger charge is 2.18. The Morgan fingerprint density at radius 1 is 1.56 bits per heavy atom. The van der Waals surface area contributed by atoms with Crippen LogP contribution in [0.25, 0.3) is 0 Å². The Balaban J connectivity index is 0. The summed E-state index contributed by atoms with van der Waals surface area (Å²) in [6, 6.07) is 0.252. The summed E-state index contributed by atoms with van der Waals surface area (Å²) >= 11 is 0. The first-order valence-electron chi connectivity index (χ1n) is 3.38. The van der Waals surface area contributed by atoms with Gasteiger partial charge in [-0.15, -0.1) is 0 Å². The molecule has 0 saturated heterocycles. The zero-order valence-electron chi connectivity index (χ0n) is 6.86. The van der Waals surface area contributed by atoms with Gasteiger partial charge in [0.2, 0.25) is 0 Å². The van der Waals surface area contributed by atoms with E-state index in [0.717, 1.165) is 6.54 Å². The van der Waals surface area contributed by atoms with Crippen LogP contribution in [-0.4, -0.2) is 19.6 Å². The summed E-state index contributed by atoms with van der Waals surface area (Å²) in [6.45, 7) is 7.34. The average molecular weight is 132 g/mol. The van der Waals surface area contributed by atoms with E-state index >= 15 is 0 Å². The monoisotopic (exact) mass is 132 g/mol. The second-order valence-electron chi connectivity index (χ2n) is 3.53. The first-order chi connectivity index (χ1) is 3.98. The van der Waals surface area contributed by atoms with Crippen molar-refractivity contribution in [1.29, 1.82) is 0 Å². The normalized spacial score (nSPS) is 15.7. The highest BCUT2D eigenvalue weighted by molar-refractivity contribution is 4.77. The first kappa shape index (κ1) is 8.92. The summed E-state index contributed by atoms with van der Waals surface area (Å²) in [4.78, 5) is 0. The Kier molecular flexibility index (Phi) is 3.15. The van der Waals surface area contributed by atoms with Gasteiger partial charge in [0.1, 0.15) is 0 Å². The molecule has 2 heteroatoms. The van der Waals surface area contributed by atoms with Crippen molar-refractivity contribution in [3.63, 3.8) is 0 Å². The van der Waals surface area contributed by atoms with Crippen molar-refractivity contribution < 1.29 is 1.43 Å². The van der Waals surface area contributed by atoms with Gasteiger partial charge < -0.3 is 11.1 Å². The Hall–Kier alpha value is -0.0800. The van der Waals surface area contributed by atoms with Crippen LogP contribution >= 0.6 is 0 Å². The molecule has 9 heavy (non-hydrogen) atoms. The highest BCUT2D eigenvalue weighted by Crippen LogP contribution is 2.15. The van der Waals surface area contributed by atoms with Crippen LogP contribution in [0.1, 0.15) is 22.2 Å². The van der Waals surface area contributed by atoms with Gasteiger partial charge in [0, 0.05) is 14.0 Å². The molecule has 0 aromatic carbocycles. The summed E-state index contributed by atoms with van der Waals surface area (Å²) < 4.78 is 0. The van der Waals surface area contributed by atoms with Crippen LogP contribution in [0.5, 0.6) is 0 Å². The van der Waals surface area contributed by atoms with E-state index in [1.807, 2.05) is 7.05 Å². The molecule has 0 amide bonds. The number of hydrogen-bond donors (Lipinski definition) is 2. The summed E-state index contributed by atoms with van der Waals surface area (Å²) in [6.07, 6.45) is 0. The maximum atomic E-state index is 5.80. The molecule has 0 bridgehead atoms. The van der Waals surface area contributed by atoms with Gasteiger partial charge in [-0.25, -0.2) is 0 Å². The lowest BCUT2D eigenvalue weighted by molar-refractivity contribution is 0.314. The van der Waals surface area contributed by atoms with E-state index in [9.17, 15) is 0 Å². The quantitative estimate of drug-likeness (QED) is 0.584. The minimum atomic E-state index is 0. The van der Waals surface area contributed by atoms with Crippen LogP contribution in [-0.2, 0) is 0 Å². The predicted molar refractivity (Wildman–Crippen MR) is 43.5 cm³/mol. The zero-order valence-corrected chi connectivity index (χ0v) is 6.86. The third-order valence-electron chi connectivity index (χ3n) is 1.54. The first-order valence-corrected chi connectivity index (χ1v) is 3.38. The standard InChI is InChI=1S/C7H18N2.H2/c1-7(2,3)6(8)5-9-4;/h6,9H,5,8H2,1-4H3;1H/t6-;/m1./s1. The van der Waals surface area contributed by atoms with Gasteiger partial charge in [-0.1, -0.05) is 20.8 Å². The second kappa shape index (κ2) is 3.18. The van der Waals surface area contributed by atoms with E-state index < -0.39 is 0 Å². The third kappa shape index (κ3) is 3.49. The van der Waals surface area contributed by atoms with Crippen molar-refractivity contribution in [3.8, 4) is 0 Å². The van der Waals surface area contributed by atoms with Crippen LogP contribution < -0.4 is 11.1 Å². The number of rotatable bonds is 2. The van der Waals surface area contributed by atoms with E-state index in [1.54, 1.807) is 0 Å². The van der Waals surface area contributed by atoms with Gasteiger partial charge >= 0.3 is 0 Å². The smallest absolute Gasteiger partial charge is 0.0214 e. The van der Waals surface area contributed by atoms with Gasteiger partial charge in [0.15, 0.2) is 0 Å². The Morgan fingerprint density at radius 2 is 2.00 bits per heavy atom. The lowest BCUT2D eigenvalue weighted by Crippen LogP contribution is -2.42. The predicted octanol–water partition coefficient (Wildman–Crippen LogP) is 0.825. The van der Waals surface area contributed by atoms with Crippen LogP contribution in [0.4, 0.5) is 0 Å². The molecule has 3 N–H and O–H groups in total. The summed E-state index contributed by atoms with van der Waals surface area (Å²) in [5.74, 6) is 0.